The van der Waals surface area contributed by atoms with Crippen molar-refractivity contribution in [2.75, 3.05) is 18.0 Å². The fourth-order valence-corrected chi connectivity index (χ4v) is 2.22. The van der Waals surface area contributed by atoms with Gasteiger partial charge in [0.15, 0.2) is 0 Å². The van der Waals surface area contributed by atoms with E-state index in [1.807, 2.05) is 26.0 Å². The van der Waals surface area contributed by atoms with Gasteiger partial charge in [0, 0.05) is 25.3 Å². The lowest BCUT2D eigenvalue weighted by Crippen LogP contribution is -2.42. The molecule has 1 aromatic rings. The predicted molar refractivity (Wildman–Crippen MR) is 68.9 cm³/mol. The summed E-state index contributed by atoms with van der Waals surface area (Å²) in [6, 6.07) is 4.07. The Hall–Kier alpha value is -1.13. The van der Waals surface area contributed by atoms with Gasteiger partial charge in [-0.1, -0.05) is 0 Å². The van der Waals surface area contributed by atoms with Crippen LogP contribution in [0.4, 0.5) is 5.82 Å². The first kappa shape index (κ1) is 12.3. The van der Waals surface area contributed by atoms with Crippen LogP contribution in [0.5, 0.6) is 0 Å². The summed E-state index contributed by atoms with van der Waals surface area (Å²) in [5, 5.41) is 9.93. The molecule has 0 radical (unpaired) electrons. The second-order valence-electron chi connectivity index (χ2n) is 5.16. The van der Waals surface area contributed by atoms with Crippen molar-refractivity contribution in [2.24, 2.45) is 5.73 Å². The molecule has 0 aliphatic carbocycles. The lowest BCUT2D eigenvalue weighted by molar-refractivity contribution is 0.0350. The third-order valence-electron chi connectivity index (χ3n) is 3.40. The molecule has 1 fully saturated rings. The second kappa shape index (κ2) is 4.63. The number of aryl methyl sites for hydroxylation is 1. The Bertz CT molecular complexity index is 394. The molecule has 0 atom stereocenters. The highest BCUT2D eigenvalue weighted by Crippen LogP contribution is 2.25. The van der Waals surface area contributed by atoms with Crippen molar-refractivity contribution < 1.29 is 5.11 Å². The summed E-state index contributed by atoms with van der Waals surface area (Å²) in [5.74, 6) is 0.987. The molecular weight excluding hydrogens is 214 g/mol. The molecule has 2 rings (SSSR count). The topological polar surface area (TPSA) is 62.4 Å². The van der Waals surface area contributed by atoms with E-state index in [2.05, 4.69) is 9.88 Å². The van der Waals surface area contributed by atoms with Crippen LogP contribution in [0.3, 0.4) is 0 Å². The number of anilines is 1. The molecule has 0 saturated carbocycles. The Kier molecular flexibility index (Phi) is 3.35. The van der Waals surface area contributed by atoms with Crippen molar-refractivity contribution in [3.63, 3.8) is 0 Å². The van der Waals surface area contributed by atoms with Crippen LogP contribution in [-0.2, 0) is 6.54 Å². The van der Waals surface area contributed by atoms with E-state index < -0.39 is 5.60 Å². The molecule has 2 heterocycles. The van der Waals surface area contributed by atoms with Crippen molar-refractivity contribution in [2.45, 2.75) is 38.8 Å². The first-order valence-electron chi connectivity index (χ1n) is 6.15. The standard InChI is InChI=1S/C13H21N3O/c1-10-7-11(9-14)8-12(15-10)16-5-3-13(2,17)4-6-16/h7-8,17H,3-6,9,14H2,1-2H3. The van der Waals surface area contributed by atoms with Gasteiger partial charge in [-0.05, 0) is 44.4 Å². The average molecular weight is 235 g/mol. The molecule has 4 heteroatoms. The minimum absolute atomic E-state index is 0.517. The third kappa shape index (κ3) is 2.96. The van der Waals surface area contributed by atoms with E-state index in [0.29, 0.717) is 6.54 Å². The van der Waals surface area contributed by atoms with Crippen LogP contribution in [0.1, 0.15) is 31.0 Å². The van der Waals surface area contributed by atoms with Gasteiger partial charge < -0.3 is 15.7 Å². The maximum atomic E-state index is 9.93. The van der Waals surface area contributed by atoms with E-state index in [1.165, 1.54) is 0 Å². The molecule has 0 unspecified atom stereocenters. The third-order valence-corrected chi connectivity index (χ3v) is 3.40. The molecule has 94 valence electrons. The Morgan fingerprint density at radius 1 is 1.41 bits per heavy atom. The Morgan fingerprint density at radius 2 is 2.06 bits per heavy atom. The van der Waals surface area contributed by atoms with E-state index in [-0.39, 0.29) is 0 Å². The normalized spacial score (nSPS) is 19.4. The van der Waals surface area contributed by atoms with Gasteiger partial charge in [0.05, 0.1) is 5.60 Å². The quantitative estimate of drug-likeness (QED) is 0.808. The summed E-state index contributed by atoms with van der Waals surface area (Å²) in [7, 11) is 0. The van der Waals surface area contributed by atoms with Gasteiger partial charge in [-0.15, -0.1) is 0 Å². The van der Waals surface area contributed by atoms with Crippen LogP contribution >= 0.6 is 0 Å². The van der Waals surface area contributed by atoms with E-state index in [1.54, 1.807) is 0 Å². The van der Waals surface area contributed by atoms with Gasteiger partial charge in [-0.25, -0.2) is 4.98 Å². The number of pyridine rings is 1. The van der Waals surface area contributed by atoms with Gasteiger partial charge in [-0.2, -0.15) is 0 Å². The Balaban J connectivity index is 2.15. The maximum Gasteiger partial charge on any atom is 0.129 e. The highest BCUT2D eigenvalue weighted by Gasteiger charge is 2.27. The minimum Gasteiger partial charge on any atom is -0.390 e. The first-order valence-corrected chi connectivity index (χ1v) is 6.15. The monoisotopic (exact) mass is 235 g/mol. The highest BCUT2D eigenvalue weighted by molar-refractivity contribution is 5.43. The maximum absolute atomic E-state index is 9.93. The van der Waals surface area contributed by atoms with Gasteiger partial charge in [0.2, 0.25) is 0 Å². The van der Waals surface area contributed by atoms with Crippen molar-refractivity contribution in [1.82, 2.24) is 4.98 Å². The first-order chi connectivity index (χ1) is 8.00. The number of rotatable bonds is 2. The fraction of sp³-hybridized carbons (Fsp3) is 0.615. The van der Waals surface area contributed by atoms with Crippen LogP contribution in [-0.4, -0.2) is 28.8 Å². The number of aliphatic hydroxyl groups is 1. The molecule has 3 N–H and O–H groups in total. The van der Waals surface area contributed by atoms with Crippen LogP contribution in [0.25, 0.3) is 0 Å². The number of aromatic nitrogens is 1. The Labute approximate surface area is 102 Å². The van der Waals surface area contributed by atoms with Crippen LogP contribution in [0, 0.1) is 6.92 Å². The van der Waals surface area contributed by atoms with E-state index in [9.17, 15) is 5.11 Å². The van der Waals surface area contributed by atoms with Gasteiger partial charge in [-0.3, -0.25) is 0 Å². The lowest BCUT2D eigenvalue weighted by Gasteiger charge is -2.36. The molecule has 0 amide bonds. The summed E-state index contributed by atoms with van der Waals surface area (Å²) in [4.78, 5) is 6.77. The zero-order valence-corrected chi connectivity index (χ0v) is 10.6. The zero-order valence-electron chi connectivity index (χ0n) is 10.6. The van der Waals surface area contributed by atoms with Crippen molar-refractivity contribution >= 4 is 5.82 Å². The molecule has 17 heavy (non-hydrogen) atoms. The molecule has 4 nitrogen and oxygen atoms in total. The van der Waals surface area contributed by atoms with E-state index in [0.717, 1.165) is 43.0 Å². The SMILES string of the molecule is Cc1cc(CN)cc(N2CCC(C)(O)CC2)n1. The van der Waals surface area contributed by atoms with Crippen molar-refractivity contribution in [1.29, 1.82) is 0 Å². The summed E-state index contributed by atoms with van der Waals surface area (Å²) >= 11 is 0. The fourth-order valence-electron chi connectivity index (χ4n) is 2.22. The number of piperidine rings is 1. The molecule has 1 aliphatic rings. The molecule has 0 bridgehead atoms. The lowest BCUT2D eigenvalue weighted by atomic mass is 9.94. The van der Waals surface area contributed by atoms with Crippen LogP contribution < -0.4 is 10.6 Å². The molecule has 1 aliphatic heterocycles. The van der Waals surface area contributed by atoms with Crippen molar-refractivity contribution in [3.8, 4) is 0 Å². The number of nitrogens with zero attached hydrogens (tertiary/aromatic N) is 2. The average Bonchev–Trinajstić information content (AvgIpc) is 2.28. The summed E-state index contributed by atoms with van der Waals surface area (Å²) in [6.07, 6.45) is 1.58. The highest BCUT2D eigenvalue weighted by atomic mass is 16.3. The van der Waals surface area contributed by atoms with Gasteiger partial charge in [0.25, 0.3) is 0 Å². The number of hydrogen-bond acceptors (Lipinski definition) is 4. The van der Waals surface area contributed by atoms with Crippen LogP contribution in [0.2, 0.25) is 0 Å². The molecular formula is C13H21N3O. The van der Waals surface area contributed by atoms with E-state index >= 15 is 0 Å². The number of nitrogens with two attached hydrogens (primary N) is 1. The van der Waals surface area contributed by atoms with Crippen molar-refractivity contribution in [3.05, 3.63) is 23.4 Å². The smallest absolute Gasteiger partial charge is 0.129 e. The summed E-state index contributed by atoms with van der Waals surface area (Å²) < 4.78 is 0. The molecule has 0 aromatic carbocycles. The number of hydrogen-bond donors (Lipinski definition) is 2. The minimum atomic E-state index is -0.517. The van der Waals surface area contributed by atoms with Gasteiger partial charge in [0.1, 0.15) is 5.82 Å². The predicted octanol–water partition coefficient (Wildman–Crippen LogP) is 1.20. The molecule has 1 saturated heterocycles. The zero-order chi connectivity index (χ0) is 12.5. The van der Waals surface area contributed by atoms with E-state index in [4.69, 9.17) is 5.73 Å². The summed E-state index contributed by atoms with van der Waals surface area (Å²) in [6.45, 7) is 6.14. The van der Waals surface area contributed by atoms with Gasteiger partial charge >= 0.3 is 0 Å². The molecule has 0 spiro atoms. The molecule has 1 aromatic heterocycles. The van der Waals surface area contributed by atoms with Crippen LogP contribution in [0.15, 0.2) is 12.1 Å². The largest absolute Gasteiger partial charge is 0.390 e. The second-order valence-corrected chi connectivity index (χ2v) is 5.16. The Morgan fingerprint density at radius 3 is 2.65 bits per heavy atom. The summed E-state index contributed by atoms with van der Waals surface area (Å²) in [5.41, 5.74) is 7.27.